The number of para-hydroxylation sites is 3. The normalized spacial score (nSPS) is 11.1. The third-order valence-electron chi connectivity index (χ3n) is 9.81. The fraction of sp³-hybridized carbons (Fsp3) is 0.0816. The summed E-state index contributed by atoms with van der Waals surface area (Å²) in [5.74, 6) is 2.40. The molecule has 3 N–H and O–H groups in total. The first-order chi connectivity index (χ1) is 32.0. The molecule has 0 saturated carbocycles. The van der Waals surface area contributed by atoms with E-state index in [1.165, 1.54) is 30.3 Å². The van der Waals surface area contributed by atoms with Crippen molar-refractivity contribution in [2.24, 2.45) is 0 Å². The van der Waals surface area contributed by atoms with Crippen molar-refractivity contribution in [1.82, 2.24) is 15.5 Å². The average Bonchev–Trinajstić information content (AvgIpc) is 4.06. The van der Waals surface area contributed by atoms with Gasteiger partial charge in [-0.1, -0.05) is 105 Å². The molecule has 0 fully saturated rings. The number of benzene rings is 7. The van der Waals surface area contributed by atoms with Gasteiger partial charge in [0.2, 0.25) is 5.58 Å². The molecule has 0 saturated heterocycles. The Kier molecular flexibility index (Phi) is 14.0. The monoisotopic (exact) mass is 936 g/mol. The molecular formula is C49H35Cl2F5N6O4. The largest absolute Gasteiger partial charge is 0.457 e. The minimum atomic E-state index is -4.31. The number of aromatic nitrogens is 3. The predicted octanol–water partition coefficient (Wildman–Crippen LogP) is 14.7. The van der Waals surface area contributed by atoms with Crippen LogP contribution in [0.15, 0.2) is 171 Å². The van der Waals surface area contributed by atoms with E-state index < -0.39 is 23.4 Å². The average molecular weight is 938 g/mol. The molecule has 0 aliphatic carbocycles. The molecule has 66 heavy (non-hydrogen) atoms. The molecule has 0 radical (unpaired) electrons. The Morgan fingerprint density at radius 3 is 1.71 bits per heavy atom. The number of nitrogens with one attached hydrogen (secondary N) is 3. The van der Waals surface area contributed by atoms with E-state index in [9.17, 15) is 22.0 Å². The van der Waals surface area contributed by atoms with Crippen LogP contribution in [0.5, 0.6) is 11.5 Å². The quantitative estimate of drug-likeness (QED) is 0.108. The first kappa shape index (κ1) is 45.0. The zero-order valence-corrected chi connectivity index (χ0v) is 35.8. The van der Waals surface area contributed by atoms with Gasteiger partial charge in [0.05, 0.1) is 26.7 Å². The lowest BCUT2D eigenvalue weighted by molar-refractivity contribution is -0.137. The van der Waals surface area contributed by atoms with E-state index in [0.717, 1.165) is 51.1 Å². The summed E-state index contributed by atoms with van der Waals surface area (Å²) in [6, 6.07) is 44.5. The van der Waals surface area contributed by atoms with Gasteiger partial charge in [0, 0.05) is 30.7 Å². The second-order valence-corrected chi connectivity index (χ2v) is 15.3. The summed E-state index contributed by atoms with van der Waals surface area (Å²) in [5.41, 5.74) is 3.41. The van der Waals surface area contributed by atoms with Crippen LogP contribution in [-0.2, 0) is 25.8 Å². The summed E-state index contributed by atoms with van der Waals surface area (Å²) >= 11 is 11.7. The SMILES string of the molecule is Clc1ccc2c(NCc3ccc(Oc4ccccc4)cc3)noc2c1.FC(F)(F)c1ccc(CNc2noc3ccccc23)cc1.Fc1ccc(CNc2noc3c(F)cccc23)cc1Cl. The van der Waals surface area contributed by atoms with Crippen LogP contribution in [0.25, 0.3) is 32.9 Å². The van der Waals surface area contributed by atoms with Crippen molar-refractivity contribution in [3.63, 3.8) is 0 Å². The standard InChI is InChI=1S/C20H15ClN2O2.C15H11F3N2O.C14H9ClF2N2O/c21-15-8-11-18-19(12-15)25-23-20(18)22-13-14-6-9-17(10-7-14)24-16-4-2-1-3-5-16;16-15(17,18)11-7-5-10(6-8-11)9-19-14-12-3-1-2-4-13(12)21-20-14;15-10-6-8(4-5-11(10)16)7-18-14-9-2-1-3-12(17)13(9)20-19-14/h1-12H,13H2,(H,22,23);1-8H,9H2,(H,19,20);1-6H,7H2,(H,18,19). The number of fused-ring (bicyclic) bond motifs is 3. The third-order valence-corrected chi connectivity index (χ3v) is 10.3. The summed E-state index contributed by atoms with van der Waals surface area (Å²) in [6.45, 7) is 1.38. The van der Waals surface area contributed by atoms with Gasteiger partial charge < -0.3 is 34.3 Å². The minimum Gasteiger partial charge on any atom is -0.457 e. The van der Waals surface area contributed by atoms with Crippen molar-refractivity contribution in [2.75, 3.05) is 16.0 Å². The van der Waals surface area contributed by atoms with E-state index in [4.69, 9.17) is 41.5 Å². The summed E-state index contributed by atoms with van der Waals surface area (Å²) in [6.07, 6.45) is -4.31. The molecular weight excluding hydrogens is 902 g/mol. The highest BCUT2D eigenvalue weighted by atomic mass is 35.5. The van der Waals surface area contributed by atoms with Gasteiger partial charge in [-0.25, -0.2) is 8.78 Å². The van der Waals surface area contributed by atoms with E-state index in [1.54, 1.807) is 30.3 Å². The Morgan fingerprint density at radius 1 is 0.485 bits per heavy atom. The lowest BCUT2D eigenvalue weighted by atomic mass is 10.1. The van der Waals surface area contributed by atoms with E-state index in [1.807, 2.05) is 84.9 Å². The van der Waals surface area contributed by atoms with Crippen LogP contribution in [0.3, 0.4) is 0 Å². The number of hydrogen-bond donors (Lipinski definition) is 3. The fourth-order valence-electron chi connectivity index (χ4n) is 6.43. The first-order valence-electron chi connectivity index (χ1n) is 20.0. The summed E-state index contributed by atoms with van der Waals surface area (Å²) in [5, 5.41) is 24.1. The van der Waals surface area contributed by atoms with Gasteiger partial charge in [0.15, 0.2) is 34.4 Å². The van der Waals surface area contributed by atoms with E-state index >= 15 is 0 Å². The van der Waals surface area contributed by atoms with Crippen LogP contribution in [0, 0.1) is 11.6 Å². The number of alkyl halides is 3. The molecule has 7 aromatic carbocycles. The van der Waals surface area contributed by atoms with E-state index in [2.05, 4.69) is 31.4 Å². The van der Waals surface area contributed by atoms with Crippen LogP contribution < -0.4 is 20.7 Å². The number of nitrogens with zero attached hydrogens (tertiary/aromatic N) is 3. The second kappa shape index (κ2) is 20.5. The van der Waals surface area contributed by atoms with Crippen molar-refractivity contribution >= 4 is 73.6 Å². The van der Waals surface area contributed by atoms with Gasteiger partial charge in [-0.15, -0.1) is 0 Å². The minimum absolute atomic E-state index is 0.0559. The van der Waals surface area contributed by atoms with Crippen molar-refractivity contribution in [1.29, 1.82) is 0 Å². The van der Waals surface area contributed by atoms with Crippen LogP contribution >= 0.6 is 23.2 Å². The molecule has 0 aliphatic heterocycles. The Bertz CT molecular complexity index is 3180. The molecule has 3 heterocycles. The highest BCUT2D eigenvalue weighted by molar-refractivity contribution is 6.31. The van der Waals surface area contributed by atoms with Crippen LogP contribution in [-0.4, -0.2) is 15.5 Å². The highest BCUT2D eigenvalue weighted by Crippen LogP contribution is 2.31. The van der Waals surface area contributed by atoms with Gasteiger partial charge in [-0.2, -0.15) is 13.2 Å². The van der Waals surface area contributed by atoms with Gasteiger partial charge in [-0.05, 0) is 102 Å². The fourth-order valence-corrected chi connectivity index (χ4v) is 6.79. The number of ether oxygens (including phenoxy) is 1. The number of rotatable bonds is 11. The molecule has 10 aromatic rings. The molecule has 0 unspecified atom stereocenters. The molecule has 10 nitrogen and oxygen atoms in total. The Hall–Kier alpha value is -7.62. The van der Waals surface area contributed by atoms with Crippen molar-refractivity contribution in [2.45, 2.75) is 25.8 Å². The smallest absolute Gasteiger partial charge is 0.416 e. The third kappa shape index (κ3) is 11.4. The molecule has 10 rings (SSSR count). The topological polar surface area (TPSA) is 123 Å². The summed E-state index contributed by atoms with van der Waals surface area (Å²) < 4.78 is 85.0. The zero-order valence-electron chi connectivity index (χ0n) is 34.3. The molecule has 334 valence electrons. The van der Waals surface area contributed by atoms with Gasteiger partial charge in [-0.3, -0.25) is 0 Å². The Balaban J connectivity index is 0.000000136. The molecule has 17 heteroatoms. The molecule has 0 atom stereocenters. The Morgan fingerprint density at radius 2 is 1.03 bits per heavy atom. The van der Waals surface area contributed by atoms with Crippen molar-refractivity contribution < 1.29 is 40.3 Å². The molecule has 0 bridgehead atoms. The van der Waals surface area contributed by atoms with Gasteiger partial charge >= 0.3 is 6.18 Å². The molecule has 0 aliphatic rings. The number of anilines is 3. The van der Waals surface area contributed by atoms with Crippen LogP contribution in [0.4, 0.5) is 39.4 Å². The molecule has 3 aromatic heterocycles. The van der Waals surface area contributed by atoms with Crippen LogP contribution in [0.1, 0.15) is 22.3 Å². The summed E-state index contributed by atoms with van der Waals surface area (Å²) in [4.78, 5) is 0. The first-order valence-corrected chi connectivity index (χ1v) is 20.8. The van der Waals surface area contributed by atoms with Gasteiger partial charge in [0.25, 0.3) is 0 Å². The molecule has 0 amide bonds. The molecule has 0 spiro atoms. The maximum atomic E-state index is 13.4. The predicted molar refractivity (Wildman–Crippen MR) is 245 cm³/mol. The van der Waals surface area contributed by atoms with Gasteiger partial charge in [0.1, 0.15) is 17.3 Å². The maximum Gasteiger partial charge on any atom is 0.416 e. The van der Waals surface area contributed by atoms with E-state index in [0.29, 0.717) is 58.7 Å². The van der Waals surface area contributed by atoms with Crippen molar-refractivity contribution in [3.8, 4) is 11.5 Å². The Labute approximate surface area is 382 Å². The second-order valence-electron chi connectivity index (χ2n) is 14.4. The lowest BCUT2D eigenvalue weighted by Gasteiger charge is -2.08. The maximum absolute atomic E-state index is 13.4. The van der Waals surface area contributed by atoms with Crippen molar-refractivity contribution in [3.05, 3.63) is 202 Å². The number of halogens is 7. The number of hydrogen-bond acceptors (Lipinski definition) is 10. The highest BCUT2D eigenvalue weighted by Gasteiger charge is 2.30. The lowest BCUT2D eigenvalue weighted by Crippen LogP contribution is -2.05. The zero-order chi connectivity index (χ0) is 46.0. The summed E-state index contributed by atoms with van der Waals surface area (Å²) in [7, 11) is 0. The van der Waals surface area contributed by atoms with E-state index in [-0.39, 0.29) is 10.6 Å². The van der Waals surface area contributed by atoms with Crippen LogP contribution in [0.2, 0.25) is 10.0 Å².